The third-order valence-electron chi connectivity index (χ3n) is 2.76. The average molecular weight is 245 g/mol. The van der Waals surface area contributed by atoms with Crippen LogP contribution in [0.2, 0.25) is 0 Å². The summed E-state index contributed by atoms with van der Waals surface area (Å²) in [6, 6.07) is 7.74. The zero-order chi connectivity index (χ0) is 13.1. The van der Waals surface area contributed by atoms with Crippen molar-refractivity contribution in [3.63, 3.8) is 0 Å². The number of nitriles is 1. The van der Waals surface area contributed by atoms with Crippen molar-refractivity contribution < 1.29 is 14.7 Å². The molecule has 1 aliphatic heterocycles. The van der Waals surface area contributed by atoms with Crippen molar-refractivity contribution in [2.75, 3.05) is 11.4 Å². The van der Waals surface area contributed by atoms with E-state index in [1.54, 1.807) is 24.3 Å². The van der Waals surface area contributed by atoms with Crippen LogP contribution in [0.3, 0.4) is 0 Å². The smallest absolute Gasteiger partial charge is 0.322 e. The number of carboxylic acids is 1. The maximum Gasteiger partial charge on any atom is 0.322 e. The lowest BCUT2D eigenvalue weighted by Gasteiger charge is -2.21. The molecule has 0 radical (unpaired) electrons. The highest BCUT2D eigenvalue weighted by molar-refractivity contribution is 5.95. The fourth-order valence-corrected chi connectivity index (χ4v) is 1.94. The Morgan fingerprint density at radius 1 is 1.50 bits per heavy atom. The lowest BCUT2D eigenvalue weighted by Crippen LogP contribution is -2.35. The summed E-state index contributed by atoms with van der Waals surface area (Å²) in [4.78, 5) is 23.8. The van der Waals surface area contributed by atoms with E-state index in [9.17, 15) is 9.59 Å². The highest BCUT2D eigenvalue weighted by Gasteiger charge is 2.33. The zero-order valence-corrected chi connectivity index (χ0v) is 9.46. The Morgan fingerprint density at radius 2 is 2.17 bits per heavy atom. The first-order valence-corrected chi connectivity index (χ1v) is 5.41. The van der Waals surface area contributed by atoms with Gasteiger partial charge < -0.3 is 10.4 Å². The van der Waals surface area contributed by atoms with E-state index in [0.717, 1.165) is 0 Å². The van der Waals surface area contributed by atoms with Crippen LogP contribution in [0.25, 0.3) is 0 Å². The molecule has 6 nitrogen and oxygen atoms in total. The molecule has 1 aliphatic rings. The fourth-order valence-electron chi connectivity index (χ4n) is 1.94. The number of amides is 2. The summed E-state index contributed by atoms with van der Waals surface area (Å²) in [6.45, 7) is 0.311. The van der Waals surface area contributed by atoms with E-state index in [1.807, 2.05) is 6.07 Å². The Balaban J connectivity index is 2.25. The van der Waals surface area contributed by atoms with Gasteiger partial charge in [-0.05, 0) is 24.3 Å². The molecule has 18 heavy (non-hydrogen) atoms. The van der Waals surface area contributed by atoms with Gasteiger partial charge in [0.15, 0.2) is 0 Å². The number of hydrogen-bond donors (Lipinski definition) is 2. The van der Waals surface area contributed by atoms with Crippen LogP contribution in [-0.4, -0.2) is 29.7 Å². The quantitative estimate of drug-likeness (QED) is 0.828. The number of rotatable bonds is 3. The molecular weight excluding hydrogens is 234 g/mol. The molecule has 1 unspecified atom stereocenters. The van der Waals surface area contributed by atoms with Gasteiger partial charge in [-0.25, -0.2) is 4.79 Å². The third kappa shape index (κ3) is 2.25. The summed E-state index contributed by atoms with van der Waals surface area (Å²) in [5.74, 6) is -0.949. The Kier molecular flexibility index (Phi) is 3.15. The van der Waals surface area contributed by atoms with Gasteiger partial charge in [-0.2, -0.15) is 5.26 Å². The number of benzene rings is 1. The maximum absolute atomic E-state index is 11.7. The molecule has 2 rings (SSSR count). The Bertz CT molecular complexity index is 518. The predicted molar refractivity (Wildman–Crippen MR) is 63.1 cm³/mol. The first-order chi connectivity index (χ1) is 8.61. The molecule has 2 amide bonds. The molecule has 0 spiro atoms. The SMILES string of the molecule is N#Cc1ccc(N2C(=O)NCC2CC(=O)O)cc1. The lowest BCUT2D eigenvalue weighted by atomic mass is 10.1. The van der Waals surface area contributed by atoms with Gasteiger partial charge in [-0.3, -0.25) is 9.69 Å². The summed E-state index contributed by atoms with van der Waals surface area (Å²) in [5, 5.41) is 20.1. The van der Waals surface area contributed by atoms with Crippen LogP contribution >= 0.6 is 0 Å². The van der Waals surface area contributed by atoms with Crippen LogP contribution in [0, 0.1) is 11.3 Å². The highest BCUT2D eigenvalue weighted by Crippen LogP contribution is 2.22. The number of urea groups is 1. The minimum Gasteiger partial charge on any atom is -0.481 e. The molecule has 1 heterocycles. The number of nitrogens with one attached hydrogen (secondary N) is 1. The second kappa shape index (κ2) is 4.75. The monoisotopic (exact) mass is 245 g/mol. The number of carbonyl (C=O) groups excluding carboxylic acids is 1. The van der Waals surface area contributed by atoms with E-state index in [-0.39, 0.29) is 12.5 Å². The molecule has 0 aliphatic carbocycles. The van der Waals surface area contributed by atoms with Gasteiger partial charge in [0.1, 0.15) is 0 Å². The minimum atomic E-state index is -0.949. The molecule has 0 saturated carbocycles. The van der Waals surface area contributed by atoms with E-state index in [0.29, 0.717) is 17.8 Å². The lowest BCUT2D eigenvalue weighted by molar-refractivity contribution is -0.137. The molecule has 92 valence electrons. The van der Waals surface area contributed by atoms with Crippen molar-refractivity contribution in [2.45, 2.75) is 12.5 Å². The molecule has 2 N–H and O–H groups in total. The summed E-state index contributed by atoms with van der Waals surface area (Å²) in [7, 11) is 0. The van der Waals surface area contributed by atoms with Gasteiger partial charge in [0.2, 0.25) is 0 Å². The van der Waals surface area contributed by atoms with Crippen LogP contribution in [0.1, 0.15) is 12.0 Å². The predicted octanol–water partition coefficient (Wildman–Crippen LogP) is 0.931. The maximum atomic E-state index is 11.7. The van der Waals surface area contributed by atoms with Crippen molar-refractivity contribution in [1.82, 2.24) is 5.32 Å². The van der Waals surface area contributed by atoms with Crippen LogP contribution in [0.4, 0.5) is 10.5 Å². The van der Waals surface area contributed by atoms with Gasteiger partial charge in [0, 0.05) is 12.2 Å². The molecule has 1 aromatic carbocycles. The van der Waals surface area contributed by atoms with Crippen LogP contribution in [-0.2, 0) is 4.79 Å². The summed E-state index contributed by atoms with van der Waals surface area (Å²) >= 11 is 0. The van der Waals surface area contributed by atoms with E-state index in [1.165, 1.54) is 4.90 Å². The van der Waals surface area contributed by atoms with E-state index in [2.05, 4.69) is 5.32 Å². The van der Waals surface area contributed by atoms with Gasteiger partial charge in [0.05, 0.1) is 24.1 Å². The standard InChI is InChI=1S/C12H11N3O3/c13-6-8-1-3-9(4-2-8)15-10(5-11(16)17)7-14-12(15)18/h1-4,10H,5,7H2,(H,14,18)(H,16,17). The number of carbonyl (C=O) groups is 2. The molecule has 6 heteroatoms. The fraction of sp³-hybridized carbons (Fsp3) is 0.250. The Hall–Kier alpha value is -2.55. The van der Waals surface area contributed by atoms with Crippen molar-refractivity contribution in [1.29, 1.82) is 5.26 Å². The summed E-state index contributed by atoms with van der Waals surface area (Å²) < 4.78 is 0. The normalized spacial score (nSPS) is 18.3. The van der Waals surface area contributed by atoms with Crippen molar-refractivity contribution in [3.8, 4) is 6.07 Å². The van der Waals surface area contributed by atoms with Crippen molar-refractivity contribution >= 4 is 17.7 Å². The van der Waals surface area contributed by atoms with Crippen LogP contribution in [0.5, 0.6) is 0 Å². The van der Waals surface area contributed by atoms with E-state index >= 15 is 0 Å². The summed E-state index contributed by atoms with van der Waals surface area (Å²) in [5.41, 5.74) is 1.09. The Labute approximate surface area is 103 Å². The summed E-state index contributed by atoms with van der Waals surface area (Å²) in [6.07, 6.45) is -0.112. The third-order valence-corrected chi connectivity index (χ3v) is 2.76. The largest absolute Gasteiger partial charge is 0.481 e. The van der Waals surface area contributed by atoms with Gasteiger partial charge in [-0.15, -0.1) is 0 Å². The Morgan fingerprint density at radius 3 is 2.72 bits per heavy atom. The highest BCUT2D eigenvalue weighted by atomic mass is 16.4. The number of carboxylic acid groups (broad SMARTS) is 1. The number of aliphatic carboxylic acids is 1. The van der Waals surface area contributed by atoms with Crippen LogP contribution in [0.15, 0.2) is 24.3 Å². The number of nitrogens with zero attached hydrogens (tertiary/aromatic N) is 2. The molecule has 1 fully saturated rings. The van der Waals surface area contributed by atoms with Crippen LogP contribution < -0.4 is 10.2 Å². The van der Waals surface area contributed by atoms with Gasteiger partial charge in [0.25, 0.3) is 0 Å². The van der Waals surface area contributed by atoms with Crippen molar-refractivity contribution in [2.24, 2.45) is 0 Å². The number of anilines is 1. The molecule has 0 aromatic heterocycles. The van der Waals surface area contributed by atoms with Crippen molar-refractivity contribution in [3.05, 3.63) is 29.8 Å². The molecule has 1 saturated heterocycles. The molecule has 0 bridgehead atoms. The second-order valence-corrected chi connectivity index (χ2v) is 3.97. The van der Waals surface area contributed by atoms with Gasteiger partial charge in [-0.1, -0.05) is 0 Å². The first kappa shape index (κ1) is 11.9. The minimum absolute atomic E-state index is 0.112. The van der Waals surface area contributed by atoms with E-state index in [4.69, 9.17) is 10.4 Å². The average Bonchev–Trinajstić information content (AvgIpc) is 2.70. The van der Waals surface area contributed by atoms with E-state index < -0.39 is 12.0 Å². The second-order valence-electron chi connectivity index (χ2n) is 3.97. The zero-order valence-electron chi connectivity index (χ0n) is 9.46. The molecule has 1 atom stereocenters. The number of hydrogen-bond acceptors (Lipinski definition) is 3. The van der Waals surface area contributed by atoms with Gasteiger partial charge >= 0.3 is 12.0 Å². The molecule has 1 aromatic rings. The first-order valence-electron chi connectivity index (χ1n) is 5.41. The topological polar surface area (TPSA) is 93.4 Å². The molecular formula is C12H11N3O3.